The molecule has 2 N–H and O–H groups in total. The van der Waals surface area contributed by atoms with Crippen LogP contribution in [0.3, 0.4) is 0 Å². The van der Waals surface area contributed by atoms with Crippen LogP contribution in [0.25, 0.3) is 21.3 Å². The summed E-state index contributed by atoms with van der Waals surface area (Å²) in [5.74, 6) is -0.841. The lowest BCUT2D eigenvalue weighted by Gasteiger charge is -2.06. The highest BCUT2D eigenvalue weighted by Crippen LogP contribution is 2.36. The van der Waals surface area contributed by atoms with Crippen LogP contribution in [-0.2, 0) is 11.4 Å². The molecular formula is C17H14FN3O2S. The Hall–Kier alpha value is -2.38. The number of carbonyl (C=O) groups is 1. The molecule has 24 heavy (non-hydrogen) atoms. The SMILES string of the molecule is O=C(Nc1nc2ccc(-c3cnccc3CO)cc2s1)[C@@H]1C[C@@H]1F. The number of nitrogens with one attached hydrogen (secondary N) is 1. The number of hydrogen-bond acceptors (Lipinski definition) is 5. The van der Waals surface area contributed by atoms with E-state index in [-0.39, 0.29) is 12.5 Å². The van der Waals surface area contributed by atoms with E-state index in [2.05, 4.69) is 15.3 Å². The number of aliphatic hydroxyl groups excluding tert-OH is 1. The first-order chi connectivity index (χ1) is 11.7. The number of alkyl halides is 1. The third-order valence-corrected chi connectivity index (χ3v) is 4.99. The Balaban J connectivity index is 1.65. The lowest BCUT2D eigenvalue weighted by atomic mass is 10.0. The number of thiazole rings is 1. The molecule has 4 rings (SSSR count). The number of carbonyl (C=O) groups excluding carboxylic acids is 1. The van der Waals surface area contributed by atoms with Gasteiger partial charge in [-0.1, -0.05) is 17.4 Å². The van der Waals surface area contributed by atoms with Crippen LogP contribution < -0.4 is 5.32 Å². The van der Waals surface area contributed by atoms with Crippen molar-refractivity contribution in [1.82, 2.24) is 9.97 Å². The summed E-state index contributed by atoms with van der Waals surface area (Å²) in [6.07, 6.45) is 2.63. The van der Waals surface area contributed by atoms with E-state index in [0.717, 1.165) is 26.9 Å². The molecule has 0 saturated heterocycles. The number of benzene rings is 1. The van der Waals surface area contributed by atoms with E-state index in [0.29, 0.717) is 11.6 Å². The Morgan fingerprint density at radius 2 is 2.25 bits per heavy atom. The van der Waals surface area contributed by atoms with Gasteiger partial charge in [-0.25, -0.2) is 9.37 Å². The molecule has 0 unspecified atom stereocenters. The first kappa shape index (κ1) is 15.2. The fourth-order valence-electron chi connectivity index (χ4n) is 2.60. The summed E-state index contributed by atoms with van der Waals surface area (Å²) in [7, 11) is 0. The quantitative estimate of drug-likeness (QED) is 0.763. The zero-order chi connectivity index (χ0) is 16.7. The van der Waals surface area contributed by atoms with Gasteiger partial charge in [-0.15, -0.1) is 0 Å². The van der Waals surface area contributed by atoms with Crippen molar-refractivity contribution in [2.75, 3.05) is 5.32 Å². The molecule has 122 valence electrons. The van der Waals surface area contributed by atoms with Crippen LogP contribution in [0, 0.1) is 5.92 Å². The number of aliphatic hydroxyl groups is 1. The smallest absolute Gasteiger partial charge is 0.232 e. The molecule has 0 bridgehead atoms. The topological polar surface area (TPSA) is 75.1 Å². The average Bonchev–Trinajstić information content (AvgIpc) is 3.20. The Morgan fingerprint density at radius 3 is 3.00 bits per heavy atom. The second-order valence-corrected chi connectivity index (χ2v) is 6.77. The van der Waals surface area contributed by atoms with Gasteiger partial charge in [0.05, 0.1) is 22.7 Å². The van der Waals surface area contributed by atoms with Gasteiger partial charge in [0.2, 0.25) is 5.91 Å². The average molecular weight is 343 g/mol. The van der Waals surface area contributed by atoms with E-state index < -0.39 is 12.1 Å². The normalized spacial score (nSPS) is 19.4. The van der Waals surface area contributed by atoms with Crippen molar-refractivity contribution in [1.29, 1.82) is 0 Å². The van der Waals surface area contributed by atoms with Crippen LogP contribution in [0.2, 0.25) is 0 Å². The fourth-order valence-corrected chi connectivity index (χ4v) is 3.51. The molecule has 0 spiro atoms. The highest BCUT2D eigenvalue weighted by molar-refractivity contribution is 7.22. The second kappa shape index (κ2) is 5.92. The van der Waals surface area contributed by atoms with Crippen molar-refractivity contribution < 1.29 is 14.3 Å². The van der Waals surface area contributed by atoms with E-state index in [1.54, 1.807) is 18.5 Å². The lowest BCUT2D eigenvalue weighted by Crippen LogP contribution is -2.14. The van der Waals surface area contributed by atoms with Crippen LogP contribution in [0.1, 0.15) is 12.0 Å². The number of amides is 1. The fraction of sp³-hybridized carbons (Fsp3) is 0.235. The Kier molecular flexibility index (Phi) is 3.74. The largest absolute Gasteiger partial charge is 0.392 e. The Morgan fingerprint density at radius 1 is 1.42 bits per heavy atom. The molecule has 2 aromatic heterocycles. The molecule has 5 nitrogen and oxygen atoms in total. The summed E-state index contributed by atoms with van der Waals surface area (Å²) in [6.45, 7) is -0.0638. The number of nitrogens with zero attached hydrogens (tertiary/aromatic N) is 2. The minimum Gasteiger partial charge on any atom is -0.392 e. The van der Waals surface area contributed by atoms with E-state index in [1.165, 1.54) is 11.3 Å². The van der Waals surface area contributed by atoms with Crippen molar-refractivity contribution in [2.45, 2.75) is 19.2 Å². The molecule has 1 aliphatic rings. The van der Waals surface area contributed by atoms with Crippen LogP contribution in [-0.4, -0.2) is 27.2 Å². The van der Waals surface area contributed by atoms with Gasteiger partial charge in [-0.3, -0.25) is 9.78 Å². The molecule has 3 aromatic rings. The number of anilines is 1. The van der Waals surface area contributed by atoms with Crippen molar-refractivity contribution >= 4 is 32.6 Å². The first-order valence-electron chi connectivity index (χ1n) is 7.55. The van der Waals surface area contributed by atoms with Crippen LogP contribution in [0.5, 0.6) is 0 Å². The van der Waals surface area contributed by atoms with Gasteiger partial charge in [0.15, 0.2) is 5.13 Å². The molecule has 2 atom stereocenters. The molecule has 7 heteroatoms. The van der Waals surface area contributed by atoms with Gasteiger partial charge in [-0.2, -0.15) is 0 Å². The highest BCUT2D eigenvalue weighted by atomic mass is 32.1. The minimum absolute atomic E-state index is 0.0638. The predicted molar refractivity (Wildman–Crippen MR) is 90.4 cm³/mol. The van der Waals surface area contributed by atoms with Gasteiger partial charge in [-0.05, 0) is 35.7 Å². The maximum Gasteiger partial charge on any atom is 0.232 e. The van der Waals surface area contributed by atoms with Crippen molar-refractivity contribution in [3.8, 4) is 11.1 Å². The number of pyridine rings is 1. The van der Waals surface area contributed by atoms with Crippen LogP contribution in [0.15, 0.2) is 36.7 Å². The van der Waals surface area contributed by atoms with E-state index in [1.807, 2.05) is 18.2 Å². The van der Waals surface area contributed by atoms with Gasteiger partial charge >= 0.3 is 0 Å². The maximum atomic E-state index is 12.9. The molecule has 1 aromatic carbocycles. The standard InChI is InChI=1S/C17H14FN3O2S/c18-13-6-11(13)16(23)21-17-20-14-2-1-9(5-15(14)24-17)12-7-19-4-3-10(12)8-22/h1-5,7,11,13,22H,6,8H2,(H,20,21,23)/t11-,13+/m1/s1. The molecule has 1 aliphatic carbocycles. The minimum atomic E-state index is -1.02. The number of hydrogen-bond donors (Lipinski definition) is 2. The summed E-state index contributed by atoms with van der Waals surface area (Å²) >= 11 is 1.35. The molecule has 0 radical (unpaired) electrons. The third kappa shape index (κ3) is 2.76. The van der Waals surface area contributed by atoms with E-state index in [4.69, 9.17) is 0 Å². The zero-order valence-corrected chi connectivity index (χ0v) is 13.4. The first-order valence-corrected chi connectivity index (χ1v) is 8.37. The molecule has 1 amide bonds. The zero-order valence-electron chi connectivity index (χ0n) is 12.6. The molecule has 2 heterocycles. The molecular weight excluding hydrogens is 329 g/mol. The van der Waals surface area contributed by atoms with Crippen molar-refractivity contribution in [3.05, 3.63) is 42.2 Å². The predicted octanol–water partition coefficient (Wildman–Crippen LogP) is 3.15. The Bertz CT molecular complexity index is 927. The van der Waals surface area contributed by atoms with E-state index in [9.17, 15) is 14.3 Å². The maximum absolute atomic E-state index is 12.9. The summed E-state index contributed by atoms with van der Waals surface area (Å²) < 4.78 is 13.8. The van der Waals surface area contributed by atoms with Gasteiger partial charge in [0.25, 0.3) is 0 Å². The third-order valence-electron chi connectivity index (χ3n) is 4.06. The van der Waals surface area contributed by atoms with E-state index >= 15 is 0 Å². The molecule has 1 saturated carbocycles. The summed E-state index contributed by atoms with van der Waals surface area (Å²) in [5.41, 5.74) is 3.34. The lowest BCUT2D eigenvalue weighted by molar-refractivity contribution is -0.117. The number of aromatic nitrogens is 2. The van der Waals surface area contributed by atoms with Gasteiger partial charge in [0.1, 0.15) is 6.17 Å². The molecule has 0 aliphatic heterocycles. The summed E-state index contributed by atoms with van der Waals surface area (Å²) in [6, 6.07) is 7.50. The van der Waals surface area contributed by atoms with Crippen LogP contribution >= 0.6 is 11.3 Å². The second-order valence-electron chi connectivity index (χ2n) is 5.74. The number of halogens is 1. The number of rotatable bonds is 4. The van der Waals surface area contributed by atoms with Gasteiger partial charge in [0, 0.05) is 18.0 Å². The van der Waals surface area contributed by atoms with Crippen molar-refractivity contribution in [2.24, 2.45) is 5.92 Å². The number of fused-ring (bicyclic) bond motifs is 1. The van der Waals surface area contributed by atoms with Crippen molar-refractivity contribution in [3.63, 3.8) is 0 Å². The van der Waals surface area contributed by atoms with Crippen LogP contribution in [0.4, 0.5) is 9.52 Å². The monoisotopic (exact) mass is 343 g/mol. The summed E-state index contributed by atoms with van der Waals surface area (Å²) in [5, 5.41) is 12.6. The molecule has 1 fully saturated rings. The Labute approximate surface area is 141 Å². The highest BCUT2D eigenvalue weighted by Gasteiger charge is 2.43. The summed E-state index contributed by atoms with van der Waals surface area (Å²) in [4.78, 5) is 20.3. The van der Waals surface area contributed by atoms with Gasteiger partial charge < -0.3 is 10.4 Å².